The molecular formula is C16H24N4OS. The fourth-order valence-corrected chi connectivity index (χ4v) is 3.18. The van der Waals surface area contributed by atoms with Gasteiger partial charge in [0.05, 0.1) is 5.01 Å². The molecule has 2 aromatic rings. The van der Waals surface area contributed by atoms with E-state index in [0.29, 0.717) is 18.2 Å². The van der Waals surface area contributed by atoms with Crippen LogP contribution in [0.25, 0.3) is 0 Å². The Morgan fingerprint density at radius 2 is 2.27 bits per heavy atom. The molecular weight excluding hydrogens is 296 g/mol. The number of aryl methyl sites for hydroxylation is 2. The van der Waals surface area contributed by atoms with Crippen molar-refractivity contribution < 1.29 is 4.79 Å². The Morgan fingerprint density at radius 1 is 1.45 bits per heavy atom. The highest BCUT2D eigenvalue weighted by molar-refractivity contribution is 7.09. The van der Waals surface area contributed by atoms with E-state index in [1.165, 1.54) is 0 Å². The fraction of sp³-hybridized carbons (Fsp3) is 0.562. The Hall–Kier alpha value is -1.69. The van der Waals surface area contributed by atoms with Crippen molar-refractivity contribution in [1.82, 2.24) is 19.9 Å². The maximum atomic E-state index is 12.0. The van der Waals surface area contributed by atoms with Gasteiger partial charge in [-0.3, -0.25) is 4.79 Å². The van der Waals surface area contributed by atoms with Gasteiger partial charge < -0.3 is 9.88 Å². The molecule has 6 heteroatoms. The highest BCUT2D eigenvalue weighted by atomic mass is 32.1. The molecule has 0 unspecified atom stereocenters. The van der Waals surface area contributed by atoms with Crippen LogP contribution in [0.15, 0.2) is 17.8 Å². The standard InChI is InChI=1S/C16H24N4OS/c1-4-6-14-19-13(11-22-14)16(21)18-7-5-9-20-10-8-17-15(20)12(2)3/h8,10-12H,4-7,9H2,1-3H3,(H,18,21). The molecule has 2 rings (SSSR count). The molecule has 2 heterocycles. The lowest BCUT2D eigenvalue weighted by Crippen LogP contribution is -2.25. The van der Waals surface area contributed by atoms with Crippen molar-refractivity contribution in [2.45, 2.75) is 52.5 Å². The number of carbonyl (C=O) groups excluding carboxylic acids is 1. The molecule has 0 aromatic carbocycles. The van der Waals surface area contributed by atoms with Crippen molar-refractivity contribution in [3.05, 3.63) is 34.3 Å². The van der Waals surface area contributed by atoms with Gasteiger partial charge in [0.2, 0.25) is 0 Å². The molecule has 0 atom stereocenters. The molecule has 0 bridgehead atoms. The number of carbonyl (C=O) groups is 1. The van der Waals surface area contributed by atoms with Crippen LogP contribution in [0.2, 0.25) is 0 Å². The van der Waals surface area contributed by atoms with Gasteiger partial charge >= 0.3 is 0 Å². The van der Waals surface area contributed by atoms with Crippen LogP contribution in [0.4, 0.5) is 0 Å². The Kier molecular flexibility index (Phi) is 6.12. The maximum Gasteiger partial charge on any atom is 0.270 e. The van der Waals surface area contributed by atoms with E-state index in [2.05, 4.69) is 40.6 Å². The molecule has 0 aliphatic carbocycles. The Morgan fingerprint density at radius 3 is 3.00 bits per heavy atom. The Bertz CT molecular complexity index is 603. The van der Waals surface area contributed by atoms with Gasteiger partial charge in [0.15, 0.2) is 0 Å². The summed E-state index contributed by atoms with van der Waals surface area (Å²) in [6.45, 7) is 7.90. The molecule has 2 aromatic heterocycles. The molecule has 0 aliphatic rings. The quantitative estimate of drug-likeness (QED) is 0.760. The number of hydrogen-bond acceptors (Lipinski definition) is 4. The lowest BCUT2D eigenvalue weighted by atomic mass is 10.2. The van der Waals surface area contributed by atoms with Gasteiger partial charge in [-0.25, -0.2) is 9.97 Å². The third kappa shape index (κ3) is 4.40. The molecule has 0 spiro atoms. The molecule has 0 radical (unpaired) electrons. The summed E-state index contributed by atoms with van der Waals surface area (Å²) in [5, 5.41) is 5.81. The number of thiazole rings is 1. The lowest BCUT2D eigenvalue weighted by molar-refractivity contribution is 0.0948. The Labute approximate surface area is 135 Å². The van der Waals surface area contributed by atoms with Crippen LogP contribution >= 0.6 is 11.3 Å². The van der Waals surface area contributed by atoms with E-state index in [1.807, 2.05) is 17.8 Å². The van der Waals surface area contributed by atoms with Gasteiger partial charge in [0, 0.05) is 36.8 Å². The van der Waals surface area contributed by atoms with Crippen LogP contribution in [-0.4, -0.2) is 27.0 Å². The zero-order valence-corrected chi connectivity index (χ0v) is 14.3. The van der Waals surface area contributed by atoms with Crippen LogP contribution in [0.1, 0.15) is 60.9 Å². The summed E-state index contributed by atoms with van der Waals surface area (Å²) in [5.74, 6) is 1.43. The first-order chi connectivity index (χ1) is 10.6. The zero-order valence-electron chi connectivity index (χ0n) is 13.5. The second-order valence-electron chi connectivity index (χ2n) is 5.62. The third-order valence-electron chi connectivity index (χ3n) is 3.37. The SMILES string of the molecule is CCCc1nc(C(=O)NCCCn2ccnc2C(C)C)cs1. The van der Waals surface area contributed by atoms with Gasteiger partial charge in [-0.05, 0) is 19.3 Å². The topological polar surface area (TPSA) is 59.8 Å². The fourth-order valence-electron chi connectivity index (χ4n) is 2.30. The van der Waals surface area contributed by atoms with E-state index in [9.17, 15) is 4.79 Å². The summed E-state index contributed by atoms with van der Waals surface area (Å²) in [7, 11) is 0. The number of rotatable bonds is 8. The molecule has 0 aliphatic heterocycles. The molecule has 5 nitrogen and oxygen atoms in total. The van der Waals surface area contributed by atoms with Crippen LogP contribution in [0.5, 0.6) is 0 Å². The van der Waals surface area contributed by atoms with E-state index in [-0.39, 0.29) is 5.91 Å². The highest BCUT2D eigenvalue weighted by Crippen LogP contribution is 2.13. The van der Waals surface area contributed by atoms with E-state index < -0.39 is 0 Å². The first-order valence-corrected chi connectivity index (χ1v) is 8.73. The van der Waals surface area contributed by atoms with Crippen LogP contribution in [-0.2, 0) is 13.0 Å². The second-order valence-corrected chi connectivity index (χ2v) is 6.56. The third-order valence-corrected chi connectivity index (χ3v) is 4.28. The number of imidazole rings is 1. The number of amides is 1. The van der Waals surface area contributed by atoms with Crippen LogP contribution in [0, 0.1) is 0 Å². The van der Waals surface area contributed by atoms with Crippen molar-refractivity contribution in [3.8, 4) is 0 Å². The normalized spacial score (nSPS) is 11.1. The van der Waals surface area contributed by atoms with Gasteiger partial charge in [-0.1, -0.05) is 20.8 Å². The Balaban J connectivity index is 1.76. The van der Waals surface area contributed by atoms with E-state index in [1.54, 1.807) is 11.3 Å². The smallest absolute Gasteiger partial charge is 0.270 e. The molecule has 0 fully saturated rings. The summed E-state index contributed by atoms with van der Waals surface area (Å²) < 4.78 is 2.15. The van der Waals surface area contributed by atoms with Gasteiger partial charge in [0.25, 0.3) is 5.91 Å². The first kappa shape index (κ1) is 16.7. The summed E-state index contributed by atoms with van der Waals surface area (Å²) >= 11 is 1.56. The number of hydrogen-bond donors (Lipinski definition) is 1. The van der Waals surface area contributed by atoms with E-state index in [0.717, 1.165) is 36.6 Å². The predicted octanol–water partition coefficient (Wildman–Crippen LogP) is 3.24. The van der Waals surface area contributed by atoms with Crippen molar-refractivity contribution in [2.24, 2.45) is 0 Å². The molecule has 22 heavy (non-hydrogen) atoms. The van der Waals surface area contributed by atoms with Crippen molar-refractivity contribution in [2.75, 3.05) is 6.54 Å². The summed E-state index contributed by atoms with van der Waals surface area (Å²) in [6.07, 6.45) is 6.70. The van der Waals surface area contributed by atoms with Gasteiger partial charge in [-0.2, -0.15) is 0 Å². The van der Waals surface area contributed by atoms with Crippen LogP contribution in [0.3, 0.4) is 0 Å². The minimum atomic E-state index is -0.0756. The van der Waals surface area contributed by atoms with Crippen LogP contribution < -0.4 is 5.32 Å². The number of nitrogens with one attached hydrogen (secondary N) is 1. The van der Waals surface area contributed by atoms with Gasteiger partial charge in [0.1, 0.15) is 11.5 Å². The van der Waals surface area contributed by atoms with Crippen molar-refractivity contribution in [1.29, 1.82) is 0 Å². The van der Waals surface area contributed by atoms with Crippen molar-refractivity contribution >= 4 is 17.2 Å². The second kappa shape index (κ2) is 8.08. The van der Waals surface area contributed by atoms with Gasteiger partial charge in [-0.15, -0.1) is 11.3 Å². The predicted molar refractivity (Wildman–Crippen MR) is 89.4 cm³/mol. The number of nitrogens with zero attached hydrogens (tertiary/aromatic N) is 3. The number of aromatic nitrogens is 3. The van der Waals surface area contributed by atoms with E-state index in [4.69, 9.17) is 0 Å². The average molecular weight is 320 g/mol. The lowest BCUT2D eigenvalue weighted by Gasteiger charge is -2.10. The monoisotopic (exact) mass is 320 g/mol. The molecule has 120 valence electrons. The summed E-state index contributed by atoms with van der Waals surface area (Å²) in [5.41, 5.74) is 0.541. The van der Waals surface area contributed by atoms with E-state index >= 15 is 0 Å². The molecule has 0 saturated carbocycles. The minimum absolute atomic E-state index is 0.0756. The summed E-state index contributed by atoms with van der Waals surface area (Å²) in [4.78, 5) is 20.7. The molecule has 1 amide bonds. The average Bonchev–Trinajstić information content (AvgIpc) is 3.12. The largest absolute Gasteiger partial charge is 0.351 e. The molecule has 0 saturated heterocycles. The molecule has 1 N–H and O–H groups in total. The first-order valence-electron chi connectivity index (χ1n) is 7.85. The highest BCUT2D eigenvalue weighted by Gasteiger charge is 2.10. The minimum Gasteiger partial charge on any atom is -0.351 e. The van der Waals surface area contributed by atoms with Crippen molar-refractivity contribution in [3.63, 3.8) is 0 Å². The maximum absolute atomic E-state index is 12.0. The summed E-state index contributed by atoms with van der Waals surface area (Å²) in [6, 6.07) is 0. The zero-order chi connectivity index (χ0) is 15.9.